The molecule has 0 heterocycles. The summed E-state index contributed by atoms with van der Waals surface area (Å²) in [5.74, 6) is 0.0390. The average Bonchev–Trinajstić information content (AvgIpc) is 2.65. The number of hydrogen-bond donors (Lipinski definition) is 0. The summed E-state index contributed by atoms with van der Waals surface area (Å²) in [6.07, 6.45) is 14.6. The Kier molecular flexibility index (Phi) is 3.87. The molecule has 0 aliphatic heterocycles. The maximum atomic E-state index is 11.8. The fourth-order valence-electron chi connectivity index (χ4n) is 1.59. The Morgan fingerprint density at radius 3 is 2.76 bits per heavy atom. The van der Waals surface area contributed by atoms with E-state index in [-0.39, 0.29) is 5.78 Å². The number of benzene rings is 1. The zero-order valence-electron chi connectivity index (χ0n) is 9.54. The second-order valence-electron chi connectivity index (χ2n) is 3.79. The van der Waals surface area contributed by atoms with Gasteiger partial charge < -0.3 is 0 Å². The van der Waals surface area contributed by atoms with Gasteiger partial charge in [0.25, 0.3) is 0 Å². The minimum Gasteiger partial charge on any atom is -0.289 e. The van der Waals surface area contributed by atoms with Gasteiger partial charge in [0.05, 0.1) is 0 Å². The first-order valence-corrected chi connectivity index (χ1v) is 5.67. The lowest BCUT2D eigenvalue weighted by atomic mass is 10.1. The fraction of sp³-hybridized carbons (Fsp3) is 0.0625. The molecule has 1 aliphatic rings. The third kappa shape index (κ3) is 3.42. The summed E-state index contributed by atoms with van der Waals surface area (Å²) in [5.41, 5.74) is 1.79. The summed E-state index contributed by atoms with van der Waals surface area (Å²) in [6, 6.07) is 9.30. The van der Waals surface area contributed by atoms with E-state index in [1.165, 1.54) is 0 Å². The van der Waals surface area contributed by atoms with Crippen LogP contribution in [-0.2, 0) is 0 Å². The van der Waals surface area contributed by atoms with Crippen LogP contribution in [0, 0.1) is 0 Å². The highest BCUT2D eigenvalue weighted by molar-refractivity contribution is 6.04. The minimum absolute atomic E-state index is 0.0390. The molecule has 1 aromatic carbocycles. The number of allylic oxidation sites excluding steroid dienone is 8. The van der Waals surface area contributed by atoms with Crippen molar-refractivity contribution in [1.29, 1.82) is 0 Å². The fourth-order valence-corrected chi connectivity index (χ4v) is 1.59. The lowest BCUT2D eigenvalue weighted by Gasteiger charge is -1.95. The highest BCUT2D eigenvalue weighted by Crippen LogP contribution is 2.08. The minimum atomic E-state index is 0.0390. The van der Waals surface area contributed by atoms with Crippen molar-refractivity contribution in [2.75, 3.05) is 0 Å². The van der Waals surface area contributed by atoms with E-state index in [0.29, 0.717) is 0 Å². The van der Waals surface area contributed by atoms with Crippen LogP contribution >= 0.6 is 0 Å². The molecule has 2 rings (SSSR count). The van der Waals surface area contributed by atoms with Gasteiger partial charge in [0, 0.05) is 5.56 Å². The lowest BCUT2D eigenvalue weighted by Crippen LogP contribution is -1.92. The van der Waals surface area contributed by atoms with Gasteiger partial charge in [-0.1, -0.05) is 66.8 Å². The van der Waals surface area contributed by atoms with Crippen molar-refractivity contribution >= 4 is 5.78 Å². The number of hydrogen-bond acceptors (Lipinski definition) is 1. The van der Waals surface area contributed by atoms with Crippen LogP contribution in [0.4, 0.5) is 0 Å². The third-order valence-corrected chi connectivity index (χ3v) is 2.51. The van der Waals surface area contributed by atoms with Crippen LogP contribution in [0.15, 0.2) is 78.4 Å². The second kappa shape index (κ2) is 5.80. The Bertz CT molecular complexity index is 502. The van der Waals surface area contributed by atoms with E-state index in [4.69, 9.17) is 0 Å². The summed E-state index contributed by atoms with van der Waals surface area (Å²) < 4.78 is 0. The van der Waals surface area contributed by atoms with E-state index in [9.17, 15) is 4.79 Å². The van der Waals surface area contributed by atoms with Gasteiger partial charge in [0.15, 0.2) is 5.78 Å². The molecule has 0 saturated heterocycles. The maximum Gasteiger partial charge on any atom is 0.185 e. The Balaban J connectivity index is 2.06. The van der Waals surface area contributed by atoms with Gasteiger partial charge in [-0.25, -0.2) is 0 Å². The molecule has 0 unspecified atom stereocenters. The van der Waals surface area contributed by atoms with Gasteiger partial charge in [-0.3, -0.25) is 4.79 Å². The standard InChI is InChI=1S/C16H14O/c17-16(15-10-6-3-7-11-15)13-12-14-8-4-1-2-5-9-14/h1-4,6-13H,5H2. The van der Waals surface area contributed by atoms with Crippen molar-refractivity contribution in [2.24, 2.45) is 0 Å². The smallest absolute Gasteiger partial charge is 0.185 e. The van der Waals surface area contributed by atoms with E-state index >= 15 is 0 Å². The van der Waals surface area contributed by atoms with Gasteiger partial charge in [-0.2, -0.15) is 0 Å². The summed E-state index contributed by atoms with van der Waals surface area (Å²) in [6.45, 7) is 0. The summed E-state index contributed by atoms with van der Waals surface area (Å²) in [7, 11) is 0. The molecular weight excluding hydrogens is 208 g/mol. The Hall–Kier alpha value is -2.15. The molecule has 0 spiro atoms. The van der Waals surface area contributed by atoms with Crippen LogP contribution in [-0.4, -0.2) is 5.78 Å². The highest BCUT2D eigenvalue weighted by atomic mass is 16.1. The van der Waals surface area contributed by atoms with Crippen LogP contribution in [0.2, 0.25) is 0 Å². The number of carbonyl (C=O) groups is 1. The van der Waals surface area contributed by atoms with Crippen LogP contribution in [0.5, 0.6) is 0 Å². The highest BCUT2D eigenvalue weighted by Gasteiger charge is 1.99. The van der Waals surface area contributed by atoms with E-state index in [0.717, 1.165) is 17.6 Å². The Labute approximate surface area is 101 Å². The van der Waals surface area contributed by atoms with Gasteiger partial charge >= 0.3 is 0 Å². The summed E-state index contributed by atoms with van der Waals surface area (Å²) in [5, 5.41) is 0. The molecule has 0 atom stereocenters. The maximum absolute atomic E-state index is 11.8. The van der Waals surface area contributed by atoms with E-state index in [1.807, 2.05) is 54.6 Å². The van der Waals surface area contributed by atoms with Crippen molar-refractivity contribution in [3.05, 3.63) is 84.0 Å². The molecule has 0 fully saturated rings. The molecule has 84 valence electrons. The topological polar surface area (TPSA) is 17.1 Å². The molecule has 0 aromatic heterocycles. The number of rotatable bonds is 3. The Morgan fingerprint density at radius 1 is 1.12 bits per heavy atom. The predicted octanol–water partition coefficient (Wildman–Crippen LogP) is 3.87. The molecule has 0 amide bonds. The van der Waals surface area contributed by atoms with Crippen LogP contribution in [0.3, 0.4) is 0 Å². The first-order chi connectivity index (χ1) is 8.36. The molecule has 17 heavy (non-hydrogen) atoms. The average molecular weight is 222 g/mol. The zero-order chi connectivity index (χ0) is 11.9. The summed E-state index contributed by atoms with van der Waals surface area (Å²) >= 11 is 0. The van der Waals surface area contributed by atoms with Gasteiger partial charge in [-0.05, 0) is 18.1 Å². The normalized spacial score (nSPS) is 14.7. The molecule has 0 radical (unpaired) electrons. The number of ketones is 1. The first kappa shape index (κ1) is 11.3. The lowest BCUT2D eigenvalue weighted by molar-refractivity contribution is 0.104. The second-order valence-corrected chi connectivity index (χ2v) is 3.79. The van der Waals surface area contributed by atoms with Gasteiger partial charge in [0.2, 0.25) is 0 Å². The SMILES string of the molecule is O=C(C=CC1=CCC=CC=C1)c1ccccc1. The number of carbonyl (C=O) groups excluding carboxylic acids is 1. The van der Waals surface area contributed by atoms with Gasteiger partial charge in [-0.15, -0.1) is 0 Å². The quantitative estimate of drug-likeness (QED) is 0.560. The van der Waals surface area contributed by atoms with Crippen molar-refractivity contribution in [3.63, 3.8) is 0 Å². The van der Waals surface area contributed by atoms with Gasteiger partial charge in [0.1, 0.15) is 0 Å². The Morgan fingerprint density at radius 2 is 1.94 bits per heavy atom. The van der Waals surface area contributed by atoms with Crippen molar-refractivity contribution in [2.45, 2.75) is 6.42 Å². The molecule has 1 aliphatic carbocycles. The van der Waals surface area contributed by atoms with Crippen LogP contribution < -0.4 is 0 Å². The zero-order valence-corrected chi connectivity index (χ0v) is 9.54. The van der Waals surface area contributed by atoms with Crippen molar-refractivity contribution in [1.82, 2.24) is 0 Å². The largest absolute Gasteiger partial charge is 0.289 e. The monoisotopic (exact) mass is 222 g/mol. The van der Waals surface area contributed by atoms with E-state index in [2.05, 4.69) is 12.2 Å². The van der Waals surface area contributed by atoms with Crippen LogP contribution in [0.1, 0.15) is 16.8 Å². The molecule has 1 heteroatoms. The van der Waals surface area contributed by atoms with Crippen LogP contribution in [0.25, 0.3) is 0 Å². The predicted molar refractivity (Wildman–Crippen MR) is 70.9 cm³/mol. The molecular formula is C16H14O. The third-order valence-electron chi connectivity index (χ3n) is 2.51. The molecule has 0 bridgehead atoms. The molecule has 1 nitrogen and oxygen atoms in total. The molecule has 1 aromatic rings. The van der Waals surface area contributed by atoms with E-state index < -0.39 is 0 Å². The first-order valence-electron chi connectivity index (χ1n) is 5.67. The molecule has 0 saturated carbocycles. The van der Waals surface area contributed by atoms with E-state index in [1.54, 1.807) is 6.08 Å². The summed E-state index contributed by atoms with van der Waals surface area (Å²) in [4.78, 5) is 11.8. The van der Waals surface area contributed by atoms with Crippen molar-refractivity contribution < 1.29 is 4.79 Å². The van der Waals surface area contributed by atoms with Crippen molar-refractivity contribution in [3.8, 4) is 0 Å². The molecule has 0 N–H and O–H groups in total.